The van der Waals surface area contributed by atoms with E-state index in [1.165, 1.54) is 0 Å². The van der Waals surface area contributed by atoms with Crippen LogP contribution in [0.3, 0.4) is 0 Å². The zero-order chi connectivity index (χ0) is 13.4. The molecule has 0 atom stereocenters. The molecule has 0 aromatic heterocycles. The van der Waals surface area contributed by atoms with Gasteiger partial charge in [-0.05, 0) is 0 Å². The van der Waals surface area contributed by atoms with Crippen LogP contribution in [-0.2, 0) is 19.1 Å². The van der Waals surface area contributed by atoms with Gasteiger partial charge in [-0.1, -0.05) is 0 Å². The van der Waals surface area contributed by atoms with E-state index in [4.69, 9.17) is 9.47 Å². The van der Waals surface area contributed by atoms with Gasteiger partial charge in [-0.2, -0.15) is 0 Å². The summed E-state index contributed by atoms with van der Waals surface area (Å²) in [5, 5.41) is 0. The summed E-state index contributed by atoms with van der Waals surface area (Å²) in [4.78, 5) is 24.1. The summed E-state index contributed by atoms with van der Waals surface area (Å²) in [6, 6.07) is 9.44. The van der Waals surface area contributed by atoms with Crippen molar-refractivity contribution in [3.63, 3.8) is 0 Å². The molecule has 1 aromatic rings. The molecule has 5 heteroatoms. The van der Waals surface area contributed by atoms with Crippen LogP contribution in [-0.4, -0.2) is 32.7 Å². The molecule has 0 aliphatic carbocycles. The normalized spacial score (nSPS) is 21.1. The molecule has 1 heterocycles. The summed E-state index contributed by atoms with van der Waals surface area (Å²) in [6.07, 6.45) is 0. The van der Waals surface area contributed by atoms with Crippen molar-refractivity contribution in [1.82, 2.24) is 0 Å². The molecule has 1 fully saturated rings. The Kier molecular flexibility index (Phi) is 3.21. The standard InChI is InChI=1S/C13H14O4Se/c1-12(2)16-10(14)13(3,11(15)17-12)18-9-7-5-4-6-8-9/h4-8H,1-3H3. The summed E-state index contributed by atoms with van der Waals surface area (Å²) < 4.78 is 10.1. The second kappa shape index (κ2) is 4.41. The number of carbonyl (C=O) groups is 2. The molecule has 0 saturated carbocycles. The van der Waals surface area contributed by atoms with Gasteiger partial charge in [0.05, 0.1) is 0 Å². The van der Waals surface area contributed by atoms with Gasteiger partial charge in [0.25, 0.3) is 0 Å². The maximum atomic E-state index is 12.0. The van der Waals surface area contributed by atoms with E-state index in [0.29, 0.717) is 0 Å². The van der Waals surface area contributed by atoms with Gasteiger partial charge in [-0.3, -0.25) is 0 Å². The Morgan fingerprint density at radius 3 is 1.94 bits per heavy atom. The Bertz CT molecular complexity index is 461. The van der Waals surface area contributed by atoms with E-state index in [0.717, 1.165) is 4.46 Å². The number of cyclic esters (lactones) is 2. The predicted molar refractivity (Wildman–Crippen MR) is 66.5 cm³/mol. The van der Waals surface area contributed by atoms with Crippen LogP contribution in [0.15, 0.2) is 30.3 Å². The molecule has 1 aliphatic rings. The van der Waals surface area contributed by atoms with Crippen molar-refractivity contribution in [1.29, 1.82) is 0 Å². The minimum atomic E-state index is -1.20. The van der Waals surface area contributed by atoms with E-state index in [9.17, 15) is 9.59 Å². The molecule has 1 aromatic carbocycles. The van der Waals surface area contributed by atoms with E-state index >= 15 is 0 Å². The van der Waals surface area contributed by atoms with E-state index in [-0.39, 0.29) is 15.0 Å². The van der Waals surface area contributed by atoms with Crippen LogP contribution in [0.4, 0.5) is 0 Å². The fourth-order valence-corrected chi connectivity index (χ4v) is 3.68. The van der Waals surface area contributed by atoms with Crippen LogP contribution in [0.1, 0.15) is 20.8 Å². The van der Waals surface area contributed by atoms with Crippen molar-refractivity contribution in [3.8, 4) is 0 Å². The van der Waals surface area contributed by atoms with Crippen molar-refractivity contribution in [2.75, 3.05) is 0 Å². The van der Waals surface area contributed by atoms with Crippen molar-refractivity contribution in [3.05, 3.63) is 30.3 Å². The van der Waals surface area contributed by atoms with Gasteiger partial charge in [-0.25, -0.2) is 0 Å². The molecule has 18 heavy (non-hydrogen) atoms. The molecule has 0 spiro atoms. The summed E-state index contributed by atoms with van der Waals surface area (Å²) in [5.41, 5.74) is 0. The van der Waals surface area contributed by atoms with Crippen LogP contribution < -0.4 is 4.46 Å². The Morgan fingerprint density at radius 1 is 0.944 bits per heavy atom. The third-order valence-corrected chi connectivity index (χ3v) is 5.14. The van der Waals surface area contributed by atoms with Gasteiger partial charge >= 0.3 is 112 Å². The number of carbonyl (C=O) groups excluding carboxylic acids is 2. The first-order chi connectivity index (χ1) is 8.33. The minimum absolute atomic E-state index is 0.362. The maximum absolute atomic E-state index is 12.0. The second-order valence-corrected chi connectivity index (χ2v) is 7.76. The van der Waals surface area contributed by atoms with E-state index in [1.807, 2.05) is 30.3 Å². The predicted octanol–water partition coefficient (Wildman–Crippen LogP) is 1.03. The molecular formula is C13H14O4Se. The number of ether oxygens (including phenoxy) is 2. The first-order valence-electron chi connectivity index (χ1n) is 5.54. The average Bonchev–Trinajstić information content (AvgIpc) is 2.27. The van der Waals surface area contributed by atoms with E-state index in [1.54, 1.807) is 20.8 Å². The first kappa shape index (κ1) is 13.1. The molecule has 0 N–H and O–H groups in total. The van der Waals surface area contributed by atoms with Crippen molar-refractivity contribution in [2.24, 2.45) is 0 Å². The Labute approximate surface area is 112 Å². The Balaban J connectivity index is 2.25. The summed E-state index contributed by atoms with van der Waals surface area (Å²) in [7, 11) is 0. The zero-order valence-corrected chi connectivity index (χ0v) is 12.1. The monoisotopic (exact) mass is 314 g/mol. The number of esters is 2. The first-order valence-corrected chi connectivity index (χ1v) is 7.26. The number of hydrogen-bond donors (Lipinski definition) is 0. The SMILES string of the molecule is CC1(C)OC(=O)C(C)([Se]c2ccccc2)C(=O)O1. The molecule has 1 saturated heterocycles. The summed E-state index contributed by atoms with van der Waals surface area (Å²) >= 11 is -0.362. The van der Waals surface area contributed by atoms with Crippen molar-refractivity contribution >= 4 is 31.4 Å². The molecule has 0 bridgehead atoms. The molecule has 0 unspecified atom stereocenters. The Hall–Kier alpha value is -1.32. The van der Waals surface area contributed by atoms with Crippen LogP contribution in [0.2, 0.25) is 4.31 Å². The zero-order valence-electron chi connectivity index (χ0n) is 10.4. The van der Waals surface area contributed by atoms with Crippen LogP contribution in [0.5, 0.6) is 0 Å². The second-order valence-electron chi connectivity index (χ2n) is 4.63. The molecule has 1 aliphatic heterocycles. The van der Waals surface area contributed by atoms with E-state index in [2.05, 4.69) is 0 Å². The summed E-state index contributed by atoms with van der Waals surface area (Å²) in [6.45, 7) is 4.69. The number of rotatable bonds is 2. The third kappa shape index (κ3) is 2.42. The van der Waals surface area contributed by atoms with Crippen LogP contribution in [0.25, 0.3) is 0 Å². The molecule has 0 amide bonds. The van der Waals surface area contributed by atoms with E-state index < -0.39 is 22.0 Å². The third-order valence-electron chi connectivity index (χ3n) is 2.52. The quantitative estimate of drug-likeness (QED) is 0.465. The average molecular weight is 313 g/mol. The molecule has 96 valence electrons. The van der Waals surface area contributed by atoms with Gasteiger partial charge in [-0.15, -0.1) is 0 Å². The molecule has 4 nitrogen and oxygen atoms in total. The van der Waals surface area contributed by atoms with Crippen LogP contribution >= 0.6 is 0 Å². The Morgan fingerprint density at radius 2 is 1.44 bits per heavy atom. The topological polar surface area (TPSA) is 52.6 Å². The van der Waals surface area contributed by atoms with Crippen molar-refractivity contribution < 1.29 is 19.1 Å². The van der Waals surface area contributed by atoms with Gasteiger partial charge in [0.2, 0.25) is 0 Å². The number of benzene rings is 1. The van der Waals surface area contributed by atoms with Gasteiger partial charge in [0.15, 0.2) is 0 Å². The van der Waals surface area contributed by atoms with Crippen LogP contribution in [0, 0.1) is 0 Å². The fraction of sp³-hybridized carbons (Fsp3) is 0.385. The fourth-order valence-electron chi connectivity index (χ4n) is 1.55. The summed E-state index contributed by atoms with van der Waals surface area (Å²) in [5.74, 6) is -2.18. The van der Waals surface area contributed by atoms with Gasteiger partial charge in [0, 0.05) is 0 Å². The number of hydrogen-bond acceptors (Lipinski definition) is 4. The van der Waals surface area contributed by atoms with Gasteiger partial charge < -0.3 is 0 Å². The molecular weight excluding hydrogens is 299 g/mol. The molecule has 0 radical (unpaired) electrons. The molecule has 2 rings (SSSR count). The van der Waals surface area contributed by atoms with Crippen molar-refractivity contribution in [2.45, 2.75) is 30.9 Å². The van der Waals surface area contributed by atoms with Gasteiger partial charge in [0.1, 0.15) is 0 Å².